The second-order valence-corrected chi connectivity index (χ2v) is 4.53. The van der Waals surface area contributed by atoms with E-state index in [9.17, 15) is 9.18 Å². The third kappa shape index (κ3) is 3.23. The highest BCUT2D eigenvalue weighted by Gasteiger charge is 2.12. The summed E-state index contributed by atoms with van der Waals surface area (Å²) in [5, 5.41) is 2.58. The number of nitrogen functional groups attached to an aromatic ring is 1. The van der Waals surface area contributed by atoms with Gasteiger partial charge in [-0.05, 0) is 36.8 Å². The first-order valence-corrected chi connectivity index (χ1v) is 6.09. The lowest BCUT2D eigenvalue weighted by atomic mass is 10.2. The lowest BCUT2D eigenvalue weighted by molar-refractivity contribution is 0.102. The Balaban J connectivity index is 2.28. The van der Waals surface area contributed by atoms with Crippen molar-refractivity contribution in [3.8, 4) is 0 Å². The van der Waals surface area contributed by atoms with E-state index in [1.807, 2.05) is 0 Å². The van der Waals surface area contributed by atoms with Gasteiger partial charge in [0.2, 0.25) is 0 Å². The number of halogens is 2. The van der Waals surface area contributed by atoms with E-state index in [1.165, 1.54) is 24.3 Å². The van der Waals surface area contributed by atoms with Crippen molar-refractivity contribution < 1.29 is 9.18 Å². The van der Waals surface area contributed by atoms with Gasteiger partial charge in [0.25, 0.3) is 5.91 Å². The van der Waals surface area contributed by atoms with E-state index in [-0.39, 0.29) is 22.2 Å². The van der Waals surface area contributed by atoms with Gasteiger partial charge in [-0.25, -0.2) is 15.2 Å². The molecule has 7 heteroatoms. The van der Waals surface area contributed by atoms with Crippen molar-refractivity contribution in [2.24, 2.45) is 5.84 Å². The van der Waals surface area contributed by atoms with Crippen molar-refractivity contribution >= 4 is 29.0 Å². The molecule has 0 saturated carbocycles. The van der Waals surface area contributed by atoms with E-state index in [4.69, 9.17) is 17.4 Å². The number of pyridine rings is 1. The summed E-state index contributed by atoms with van der Waals surface area (Å²) in [7, 11) is 0. The van der Waals surface area contributed by atoms with Gasteiger partial charge in [-0.1, -0.05) is 17.7 Å². The SMILES string of the molecule is Cc1ccc(F)c(NC(=O)c2cc(Cl)nc(NN)c2)c1. The molecule has 0 spiro atoms. The highest BCUT2D eigenvalue weighted by Crippen LogP contribution is 2.19. The number of aromatic nitrogens is 1. The summed E-state index contributed by atoms with van der Waals surface area (Å²) < 4.78 is 13.6. The molecule has 20 heavy (non-hydrogen) atoms. The van der Waals surface area contributed by atoms with Crippen molar-refractivity contribution in [3.63, 3.8) is 0 Å². The number of hydrazine groups is 1. The second kappa shape index (κ2) is 5.85. The minimum absolute atomic E-state index is 0.102. The number of benzene rings is 1. The Morgan fingerprint density at radius 1 is 1.35 bits per heavy atom. The van der Waals surface area contributed by atoms with Crippen LogP contribution in [-0.4, -0.2) is 10.9 Å². The first-order chi connectivity index (χ1) is 9.49. The molecule has 1 aromatic carbocycles. The third-order valence-electron chi connectivity index (χ3n) is 2.57. The van der Waals surface area contributed by atoms with Gasteiger partial charge < -0.3 is 10.7 Å². The number of nitrogens with two attached hydrogens (primary N) is 1. The molecule has 104 valence electrons. The van der Waals surface area contributed by atoms with Crippen molar-refractivity contribution in [1.29, 1.82) is 0 Å². The van der Waals surface area contributed by atoms with Crippen molar-refractivity contribution in [3.05, 3.63) is 52.4 Å². The summed E-state index contributed by atoms with van der Waals surface area (Å²) in [6, 6.07) is 7.22. The molecule has 0 fully saturated rings. The second-order valence-electron chi connectivity index (χ2n) is 4.15. The van der Waals surface area contributed by atoms with Crippen LogP contribution in [0.15, 0.2) is 30.3 Å². The number of anilines is 2. The Labute approximate surface area is 119 Å². The molecule has 1 aromatic heterocycles. The number of hydrogen-bond acceptors (Lipinski definition) is 4. The fraction of sp³-hybridized carbons (Fsp3) is 0.0769. The zero-order valence-corrected chi connectivity index (χ0v) is 11.3. The molecule has 0 saturated heterocycles. The molecule has 0 aliphatic rings. The number of rotatable bonds is 3. The lowest BCUT2D eigenvalue weighted by Gasteiger charge is -2.08. The van der Waals surface area contributed by atoms with Gasteiger partial charge in [-0.3, -0.25) is 4.79 Å². The number of aryl methyl sites for hydroxylation is 1. The van der Waals surface area contributed by atoms with E-state index in [0.717, 1.165) is 5.56 Å². The van der Waals surface area contributed by atoms with Crippen LogP contribution in [0, 0.1) is 12.7 Å². The van der Waals surface area contributed by atoms with E-state index in [1.54, 1.807) is 13.0 Å². The molecular formula is C13H12ClFN4O. The Bertz CT molecular complexity index is 663. The number of nitrogens with zero attached hydrogens (tertiary/aromatic N) is 1. The zero-order valence-electron chi connectivity index (χ0n) is 10.6. The normalized spacial score (nSPS) is 10.2. The minimum Gasteiger partial charge on any atom is -0.319 e. The van der Waals surface area contributed by atoms with Gasteiger partial charge in [-0.15, -0.1) is 0 Å². The fourth-order valence-corrected chi connectivity index (χ4v) is 1.84. The average molecular weight is 295 g/mol. The maximum Gasteiger partial charge on any atom is 0.255 e. The van der Waals surface area contributed by atoms with Gasteiger partial charge in [-0.2, -0.15) is 0 Å². The predicted octanol–water partition coefficient (Wildman–Crippen LogP) is 2.72. The average Bonchev–Trinajstić information content (AvgIpc) is 2.42. The molecule has 2 rings (SSSR count). The van der Waals surface area contributed by atoms with Crippen LogP contribution in [0.25, 0.3) is 0 Å². The van der Waals surface area contributed by atoms with Crippen LogP contribution in [-0.2, 0) is 0 Å². The Morgan fingerprint density at radius 2 is 2.10 bits per heavy atom. The van der Waals surface area contributed by atoms with Crippen molar-refractivity contribution in [2.45, 2.75) is 6.92 Å². The monoisotopic (exact) mass is 294 g/mol. The number of carbonyl (C=O) groups is 1. The van der Waals surface area contributed by atoms with Crippen LogP contribution >= 0.6 is 11.6 Å². The predicted molar refractivity (Wildman–Crippen MR) is 76.1 cm³/mol. The van der Waals surface area contributed by atoms with Gasteiger partial charge >= 0.3 is 0 Å². The molecule has 5 nitrogen and oxygen atoms in total. The molecule has 0 aliphatic heterocycles. The van der Waals surface area contributed by atoms with Gasteiger partial charge in [0, 0.05) is 5.56 Å². The highest BCUT2D eigenvalue weighted by molar-refractivity contribution is 6.30. The number of carbonyl (C=O) groups excluding carboxylic acids is 1. The Kier molecular flexibility index (Phi) is 4.16. The van der Waals surface area contributed by atoms with Crippen molar-refractivity contribution in [1.82, 2.24) is 4.98 Å². The summed E-state index contributed by atoms with van der Waals surface area (Å²) in [4.78, 5) is 15.9. The topological polar surface area (TPSA) is 80.0 Å². The van der Waals surface area contributed by atoms with Crippen LogP contribution in [0.3, 0.4) is 0 Å². The van der Waals surface area contributed by atoms with Crippen molar-refractivity contribution in [2.75, 3.05) is 10.7 Å². The van der Waals surface area contributed by atoms with Gasteiger partial charge in [0.1, 0.15) is 16.8 Å². The van der Waals surface area contributed by atoms with Crippen LogP contribution in [0.5, 0.6) is 0 Å². The first-order valence-electron chi connectivity index (χ1n) is 5.71. The molecule has 0 atom stereocenters. The molecule has 4 N–H and O–H groups in total. The first kappa shape index (κ1) is 14.2. The summed E-state index contributed by atoms with van der Waals surface area (Å²) in [6.45, 7) is 1.80. The number of nitrogens with one attached hydrogen (secondary N) is 2. The van der Waals surface area contributed by atoms with E-state index in [0.29, 0.717) is 0 Å². The van der Waals surface area contributed by atoms with E-state index in [2.05, 4.69) is 15.7 Å². The maximum atomic E-state index is 13.6. The smallest absolute Gasteiger partial charge is 0.255 e. The summed E-state index contributed by atoms with van der Waals surface area (Å²) in [5.74, 6) is 4.45. The Hall–Kier alpha value is -2.18. The molecule has 0 radical (unpaired) electrons. The van der Waals surface area contributed by atoms with E-state index >= 15 is 0 Å². The molecular weight excluding hydrogens is 283 g/mol. The number of amides is 1. The van der Waals surface area contributed by atoms with Crippen LogP contribution in [0.1, 0.15) is 15.9 Å². The van der Waals surface area contributed by atoms with Gasteiger partial charge in [0.15, 0.2) is 0 Å². The quantitative estimate of drug-likeness (QED) is 0.462. The Morgan fingerprint density at radius 3 is 2.80 bits per heavy atom. The molecule has 2 aromatic rings. The zero-order chi connectivity index (χ0) is 14.7. The third-order valence-corrected chi connectivity index (χ3v) is 2.77. The summed E-state index contributed by atoms with van der Waals surface area (Å²) in [6.07, 6.45) is 0. The van der Waals surface area contributed by atoms with Crippen LogP contribution in [0.2, 0.25) is 5.15 Å². The summed E-state index contributed by atoms with van der Waals surface area (Å²) >= 11 is 5.77. The minimum atomic E-state index is -0.513. The highest BCUT2D eigenvalue weighted by atomic mass is 35.5. The molecule has 0 aliphatic carbocycles. The standard InChI is InChI=1S/C13H12ClFN4O/c1-7-2-3-9(15)10(4-7)17-13(20)8-5-11(14)18-12(6-8)19-16/h2-6H,16H2,1H3,(H,17,20)(H,18,19). The summed E-state index contributed by atoms with van der Waals surface area (Å²) in [5.41, 5.74) is 3.45. The maximum absolute atomic E-state index is 13.6. The van der Waals surface area contributed by atoms with Crippen LogP contribution < -0.4 is 16.6 Å². The molecule has 0 unspecified atom stereocenters. The van der Waals surface area contributed by atoms with Gasteiger partial charge in [0.05, 0.1) is 5.69 Å². The molecule has 0 bridgehead atoms. The fourth-order valence-electron chi connectivity index (χ4n) is 1.63. The lowest BCUT2D eigenvalue weighted by Crippen LogP contribution is -2.15. The molecule has 1 heterocycles. The van der Waals surface area contributed by atoms with E-state index < -0.39 is 11.7 Å². The largest absolute Gasteiger partial charge is 0.319 e. The van der Waals surface area contributed by atoms with Crippen LogP contribution in [0.4, 0.5) is 15.9 Å². The molecule has 1 amide bonds. The number of hydrogen-bond donors (Lipinski definition) is 3.